The zero-order valence-electron chi connectivity index (χ0n) is 12.3. The van der Waals surface area contributed by atoms with Crippen LogP contribution in [0.3, 0.4) is 0 Å². The van der Waals surface area contributed by atoms with Crippen LogP contribution in [0.4, 0.5) is 0 Å². The predicted octanol–water partition coefficient (Wildman–Crippen LogP) is 2.74. The zero-order valence-corrected chi connectivity index (χ0v) is 12.3. The molecule has 0 bridgehead atoms. The number of unbranched alkanes of at least 4 members (excludes halogenated alkanes) is 1. The third-order valence-corrected chi connectivity index (χ3v) is 2.97. The topological polar surface area (TPSA) is 46.6 Å². The maximum Gasteiger partial charge on any atom is 0.337 e. The average molecular weight is 275 g/mol. The second-order valence-electron chi connectivity index (χ2n) is 4.56. The molecule has 0 saturated heterocycles. The van der Waals surface area contributed by atoms with Crippen LogP contribution < -0.4 is 0 Å². The summed E-state index contributed by atoms with van der Waals surface area (Å²) in [6.07, 6.45) is 5.36. The molecule has 20 heavy (non-hydrogen) atoms. The first-order valence-electron chi connectivity index (χ1n) is 6.70. The Morgan fingerprint density at radius 2 is 1.90 bits per heavy atom. The smallest absolute Gasteiger partial charge is 0.337 e. The number of nitrogens with zero attached hydrogens (tertiary/aromatic N) is 1. The lowest BCUT2D eigenvalue weighted by Gasteiger charge is -2.13. The minimum absolute atomic E-state index is 0.0181. The third kappa shape index (κ3) is 4.88. The lowest BCUT2D eigenvalue weighted by atomic mass is 10.1. The van der Waals surface area contributed by atoms with Crippen molar-refractivity contribution >= 4 is 18.0 Å². The summed E-state index contributed by atoms with van der Waals surface area (Å²) < 4.78 is 4.63. The first kappa shape index (κ1) is 16.0. The number of ether oxygens (including phenoxy) is 1. The maximum absolute atomic E-state index is 11.8. The van der Waals surface area contributed by atoms with Crippen molar-refractivity contribution < 1.29 is 14.3 Å². The van der Waals surface area contributed by atoms with Crippen LogP contribution in [0.15, 0.2) is 30.3 Å². The fourth-order valence-corrected chi connectivity index (χ4v) is 1.65. The SMILES string of the molecule is CCCCN(C)C(=O)/C=C/c1ccc(C(=O)OC)cc1. The van der Waals surface area contributed by atoms with Crippen molar-refractivity contribution in [1.29, 1.82) is 0 Å². The van der Waals surface area contributed by atoms with Crippen molar-refractivity contribution in [3.8, 4) is 0 Å². The third-order valence-electron chi connectivity index (χ3n) is 2.97. The molecule has 0 N–H and O–H groups in total. The van der Waals surface area contributed by atoms with Gasteiger partial charge in [-0.05, 0) is 30.2 Å². The van der Waals surface area contributed by atoms with Gasteiger partial charge in [0, 0.05) is 19.7 Å². The zero-order chi connectivity index (χ0) is 15.0. The number of carbonyl (C=O) groups is 2. The van der Waals surface area contributed by atoms with E-state index in [1.807, 2.05) is 0 Å². The number of carbonyl (C=O) groups excluding carboxylic acids is 2. The van der Waals surface area contributed by atoms with Gasteiger partial charge in [-0.3, -0.25) is 4.79 Å². The molecule has 0 spiro atoms. The second-order valence-corrected chi connectivity index (χ2v) is 4.56. The number of hydrogen-bond donors (Lipinski definition) is 0. The van der Waals surface area contributed by atoms with Gasteiger partial charge >= 0.3 is 5.97 Å². The summed E-state index contributed by atoms with van der Waals surface area (Å²) >= 11 is 0. The van der Waals surface area contributed by atoms with Crippen molar-refractivity contribution in [2.45, 2.75) is 19.8 Å². The minimum atomic E-state index is -0.365. The number of rotatable bonds is 6. The van der Waals surface area contributed by atoms with Gasteiger partial charge in [0.1, 0.15) is 0 Å². The molecule has 0 heterocycles. The van der Waals surface area contributed by atoms with E-state index < -0.39 is 0 Å². The van der Waals surface area contributed by atoms with E-state index >= 15 is 0 Å². The van der Waals surface area contributed by atoms with E-state index in [4.69, 9.17) is 0 Å². The van der Waals surface area contributed by atoms with E-state index in [9.17, 15) is 9.59 Å². The van der Waals surface area contributed by atoms with Crippen molar-refractivity contribution in [2.24, 2.45) is 0 Å². The fourth-order valence-electron chi connectivity index (χ4n) is 1.65. The van der Waals surface area contributed by atoms with E-state index in [1.165, 1.54) is 7.11 Å². The van der Waals surface area contributed by atoms with Crippen LogP contribution >= 0.6 is 0 Å². The molecule has 4 heteroatoms. The molecule has 0 atom stereocenters. The highest BCUT2D eigenvalue weighted by molar-refractivity contribution is 5.92. The highest BCUT2D eigenvalue weighted by atomic mass is 16.5. The van der Waals surface area contributed by atoms with Gasteiger partial charge in [-0.1, -0.05) is 25.5 Å². The standard InChI is InChI=1S/C16H21NO3/c1-4-5-12-17(2)15(18)11-8-13-6-9-14(10-7-13)16(19)20-3/h6-11H,4-5,12H2,1-3H3/b11-8+. The van der Waals surface area contributed by atoms with Gasteiger partial charge < -0.3 is 9.64 Å². The van der Waals surface area contributed by atoms with E-state index in [0.29, 0.717) is 5.56 Å². The molecule has 0 radical (unpaired) electrons. The first-order valence-corrected chi connectivity index (χ1v) is 6.70. The summed E-state index contributed by atoms with van der Waals surface area (Å²) in [5.41, 5.74) is 1.37. The monoisotopic (exact) mass is 275 g/mol. The van der Waals surface area contributed by atoms with Crippen molar-refractivity contribution in [1.82, 2.24) is 4.90 Å². The van der Waals surface area contributed by atoms with Crippen LogP contribution in [0, 0.1) is 0 Å². The van der Waals surface area contributed by atoms with Crippen LogP contribution in [-0.2, 0) is 9.53 Å². The van der Waals surface area contributed by atoms with Gasteiger partial charge in [-0.15, -0.1) is 0 Å². The normalized spacial score (nSPS) is 10.6. The number of likely N-dealkylation sites (N-methyl/N-ethyl adjacent to an activating group) is 1. The molecule has 0 aliphatic heterocycles. The van der Waals surface area contributed by atoms with E-state index in [-0.39, 0.29) is 11.9 Å². The fraction of sp³-hybridized carbons (Fsp3) is 0.375. The number of benzene rings is 1. The molecule has 108 valence electrons. The quantitative estimate of drug-likeness (QED) is 0.592. The summed E-state index contributed by atoms with van der Waals surface area (Å²) in [6.45, 7) is 2.86. The molecule has 0 aliphatic carbocycles. The molecule has 0 fully saturated rings. The van der Waals surface area contributed by atoms with Crippen LogP contribution in [0.25, 0.3) is 6.08 Å². The van der Waals surface area contributed by atoms with E-state index in [1.54, 1.807) is 48.4 Å². The lowest BCUT2D eigenvalue weighted by molar-refractivity contribution is -0.124. The van der Waals surface area contributed by atoms with Crippen LogP contribution in [0.1, 0.15) is 35.7 Å². The average Bonchev–Trinajstić information content (AvgIpc) is 2.49. The molecular formula is C16H21NO3. The van der Waals surface area contributed by atoms with Gasteiger partial charge in [0.05, 0.1) is 12.7 Å². The number of methoxy groups -OCH3 is 1. The molecule has 0 aromatic heterocycles. The summed E-state index contributed by atoms with van der Waals surface area (Å²) in [4.78, 5) is 24.8. The van der Waals surface area contributed by atoms with Crippen LogP contribution in [-0.4, -0.2) is 37.5 Å². The molecular weight excluding hydrogens is 254 g/mol. The van der Waals surface area contributed by atoms with Gasteiger partial charge in [0.25, 0.3) is 0 Å². The molecule has 0 unspecified atom stereocenters. The van der Waals surface area contributed by atoms with Crippen LogP contribution in [0.5, 0.6) is 0 Å². The Balaban J connectivity index is 2.61. The van der Waals surface area contributed by atoms with Gasteiger partial charge in [0.2, 0.25) is 5.91 Å². The number of hydrogen-bond acceptors (Lipinski definition) is 3. The van der Waals surface area contributed by atoms with Gasteiger partial charge in [0.15, 0.2) is 0 Å². The summed E-state index contributed by atoms with van der Waals surface area (Å²) in [6, 6.07) is 6.91. The van der Waals surface area contributed by atoms with Gasteiger partial charge in [-0.2, -0.15) is 0 Å². The Morgan fingerprint density at radius 3 is 2.45 bits per heavy atom. The van der Waals surface area contributed by atoms with Crippen molar-refractivity contribution in [2.75, 3.05) is 20.7 Å². The maximum atomic E-state index is 11.8. The highest BCUT2D eigenvalue weighted by Gasteiger charge is 2.05. The Labute approximate surface area is 120 Å². The Hall–Kier alpha value is -2.10. The van der Waals surface area contributed by atoms with Crippen LogP contribution in [0.2, 0.25) is 0 Å². The Bertz CT molecular complexity index is 477. The predicted molar refractivity (Wildman–Crippen MR) is 79.4 cm³/mol. The molecule has 1 rings (SSSR count). The summed E-state index contributed by atoms with van der Waals surface area (Å²) in [5.74, 6) is -0.383. The Kier molecular flexibility index (Phi) is 6.50. The molecule has 1 aromatic carbocycles. The Morgan fingerprint density at radius 1 is 1.25 bits per heavy atom. The largest absolute Gasteiger partial charge is 0.465 e. The first-order chi connectivity index (χ1) is 9.58. The molecule has 4 nitrogen and oxygen atoms in total. The summed E-state index contributed by atoms with van der Waals surface area (Å²) in [5, 5.41) is 0. The summed E-state index contributed by atoms with van der Waals surface area (Å²) in [7, 11) is 3.14. The molecule has 1 amide bonds. The van der Waals surface area contributed by atoms with E-state index in [2.05, 4.69) is 11.7 Å². The van der Waals surface area contributed by atoms with E-state index in [0.717, 1.165) is 24.9 Å². The van der Waals surface area contributed by atoms with Gasteiger partial charge in [-0.25, -0.2) is 4.79 Å². The molecule has 0 saturated carbocycles. The minimum Gasteiger partial charge on any atom is -0.465 e. The number of esters is 1. The van der Waals surface area contributed by atoms with Crippen molar-refractivity contribution in [3.63, 3.8) is 0 Å². The number of amides is 1. The molecule has 0 aliphatic rings. The molecule has 1 aromatic rings. The lowest BCUT2D eigenvalue weighted by Crippen LogP contribution is -2.25. The second kappa shape index (κ2) is 8.15. The van der Waals surface area contributed by atoms with Crippen molar-refractivity contribution in [3.05, 3.63) is 41.5 Å². The highest BCUT2D eigenvalue weighted by Crippen LogP contribution is 2.07.